The highest BCUT2D eigenvalue weighted by atomic mass is 15.0. The lowest BCUT2D eigenvalue weighted by Gasteiger charge is -2.06. The fourth-order valence-corrected chi connectivity index (χ4v) is 1.58. The van der Waals surface area contributed by atoms with E-state index in [-0.39, 0.29) is 0 Å². The van der Waals surface area contributed by atoms with Crippen LogP contribution >= 0.6 is 0 Å². The summed E-state index contributed by atoms with van der Waals surface area (Å²) in [4.78, 5) is 0. The van der Waals surface area contributed by atoms with Gasteiger partial charge in [0.15, 0.2) is 0 Å². The minimum Gasteiger partial charge on any atom is -0.344 e. The van der Waals surface area contributed by atoms with Crippen molar-refractivity contribution in [1.82, 2.24) is 21.3 Å². The van der Waals surface area contributed by atoms with Gasteiger partial charge in [0.05, 0.1) is 13.1 Å². The second-order valence-electron chi connectivity index (χ2n) is 3.87. The smallest absolute Gasteiger partial charge is 0.0882 e. The first kappa shape index (κ1) is 12.9. The van der Waals surface area contributed by atoms with E-state index in [4.69, 9.17) is 0 Å². The lowest BCUT2D eigenvalue weighted by Crippen LogP contribution is -2.87. The standard InChI is InChI=1S/C10H25N5/c1-2-12-5-6-14-9-10-15-8-7-13-4-3-11-1/h11-15H,1-10H2/p+1. The Morgan fingerprint density at radius 2 is 0.800 bits per heavy atom. The molecule has 6 N–H and O–H groups in total. The molecule has 0 unspecified atom stereocenters. The summed E-state index contributed by atoms with van der Waals surface area (Å²) in [6.45, 7) is 11.0. The molecular weight excluding hydrogens is 190 g/mol. The first-order chi connectivity index (χ1) is 7.50. The van der Waals surface area contributed by atoms with E-state index < -0.39 is 0 Å². The number of nitrogens with two attached hydrogens (primary N) is 1. The molecule has 0 amide bonds. The molecule has 0 aromatic heterocycles. The normalized spacial score (nSPS) is 24.0. The molecule has 1 heterocycles. The van der Waals surface area contributed by atoms with Gasteiger partial charge in [-0.3, -0.25) is 0 Å². The molecule has 5 heteroatoms. The topological polar surface area (TPSA) is 64.7 Å². The Balaban J connectivity index is 2.01. The molecule has 1 fully saturated rings. The van der Waals surface area contributed by atoms with Crippen molar-refractivity contribution in [2.75, 3.05) is 65.4 Å². The summed E-state index contributed by atoms with van der Waals surface area (Å²) in [5, 5.41) is 16.0. The first-order valence-electron chi connectivity index (χ1n) is 6.14. The van der Waals surface area contributed by atoms with E-state index in [9.17, 15) is 0 Å². The Labute approximate surface area is 92.8 Å². The van der Waals surface area contributed by atoms with E-state index >= 15 is 0 Å². The maximum Gasteiger partial charge on any atom is 0.0882 e. The highest BCUT2D eigenvalue weighted by Gasteiger charge is 1.94. The average molecular weight is 216 g/mol. The molecule has 0 aromatic carbocycles. The molecule has 0 bridgehead atoms. The van der Waals surface area contributed by atoms with Crippen molar-refractivity contribution in [1.29, 1.82) is 0 Å². The zero-order valence-electron chi connectivity index (χ0n) is 9.65. The van der Waals surface area contributed by atoms with Crippen LogP contribution in [0.25, 0.3) is 0 Å². The fourth-order valence-electron chi connectivity index (χ4n) is 1.58. The number of hydrogen-bond acceptors (Lipinski definition) is 4. The van der Waals surface area contributed by atoms with Crippen LogP contribution in [0.4, 0.5) is 0 Å². The van der Waals surface area contributed by atoms with Crippen molar-refractivity contribution in [2.45, 2.75) is 0 Å². The Morgan fingerprint density at radius 3 is 1.20 bits per heavy atom. The summed E-state index contributed by atoms with van der Waals surface area (Å²) in [5.41, 5.74) is 0. The second kappa shape index (κ2) is 10.3. The van der Waals surface area contributed by atoms with Crippen LogP contribution in [-0.2, 0) is 0 Å². The quantitative estimate of drug-likeness (QED) is 0.298. The molecule has 15 heavy (non-hydrogen) atoms. The van der Waals surface area contributed by atoms with Gasteiger partial charge >= 0.3 is 0 Å². The Hall–Kier alpha value is -0.200. The van der Waals surface area contributed by atoms with Gasteiger partial charge in [-0.15, -0.1) is 0 Å². The summed E-state index contributed by atoms with van der Waals surface area (Å²) in [6, 6.07) is 0. The molecule has 1 aliphatic rings. The third-order valence-corrected chi connectivity index (χ3v) is 2.49. The molecule has 0 spiro atoms. The van der Waals surface area contributed by atoms with E-state index in [1.165, 1.54) is 13.1 Å². The van der Waals surface area contributed by atoms with Gasteiger partial charge in [0.25, 0.3) is 0 Å². The summed E-state index contributed by atoms with van der Waals surface area (Å²) in [6.07, 6.45) is 0. The van der Waals surface area contributed by atoms with Crippen molar-refractivity contribution < 1.29 is 5.32 Å². The molecule has 1 aliphatic heterocycles. The molecule has 1 rings (SSSR count). The number of rotatable bonds is 0. The highest BCUT2D eigenvalue weighted by Crippen LogP contribution is 1.63. The molecule has 0 aromatic rings. The molecule has 5 nitrogen and oxygen atoms in total. The van der Waals surface area contributed by atoms with Crippen molar-refractivity contribution >= 4 is 0 Å². The van der Waals surface area contributed by atoms with E-state index in [0.717, 1.165) is 52.4 Å². The molecule has 0 saturated carbocycles. The zero-order valence-corrected chi connectivity index (χ0v) is 9.65. The van der Waals surface area contributed by atoms with E-state index in [1.54, 1.807) is 0 Å². The van der Waals surface area contributed by atoms with Crippen LogP contribution in [0.1, 0.15) is 0 Å². The minimum absolute atomic E-state index is 1.06. The monoisotopic (exact) mass is 216 g/mol. The van der Waals surface area contributed by atoms with Crippen LogP contribution in [0.15, 0.2) is 0 Å². The predicted octanol–water partition coefficient (Wildman–Crippen LogP) is -3.08. The summed E-state index contributed by atoms with van der Waals surface area (Å²) in [5.74, 6) is 0. The van der Waals surface area contributed by atoms with Crippen molar-refractivity contribution in [2.24, 2.45) is 0 Å². The van der Waals surface area contributed by atoms with Crippen molar-refractivity contribution in [3.8, 4) is 0 Å². The third-order valence-electron chi connectivity index (χ3n) is 2.49. The lowest BCUT2D eigenvalue weighted by atomic mass is 10.5. The maximum atomic E-state index is 3.42. The Bertz CT molecular complexity index is 72.4. The van der Waals surface area contributed by atoms with Gasteiger partial charge in [-0.2, -0.15) is 0 Å². The van der Waals surface area contributed by atoms with Gasteiger partial charge in [0.2, 0.25) is 0 Å². The van der Waals surface area contributed by atoms with Crippen molar-refractivity contribution in [3.05, 3.63) is 0 Å². The summed E-state index contributed by atoms with van der Waals surface area (Å²) < 4.78 is 0. The maximum absolute atomic E-state index is 3.42. The van der Waals surface area contributed by atoms with Crippen molar-refractivity contribution in [3.63, 3.8) is 0 Å². The Kier molecular flexibility index (Phi) is 8.85. The van der Waals surface area contributed by atoms with Crippen LogP contribution in [0.3, 0.4) is 0 Å². The van der Waals surface area contributed by atoms with Crippen LogP contribution in [-0.4, -0.2) is 65.4 Å². The van der Waals surface area contributed by atoms with Gasteiger partial charge in [-0.05, 0) is 0 Å². The SMILES string of the molecule is C1CNCCNCC[NH2+]CCNCCN1. The summed E-state index contributed by atoms with van der Waals surface area (Å²) >= 11 is 0. The first-order valence-corrected chi connectivity index (χ1v) is 6.14. The lowest BCUT2D eigenvalue weighted by molar-refractivity contribution is -0.651. The summed E-state index contributed by atoms with van der Waals surface area (Å²) in [7, 11) is 0. The van der Waals surface area contributed by atoms with E-state index in [0.29, 0.717) is 0 Å². The van der Waals surface area contributed by atoms with E-state index in [2.05, 4.69) is 26.6 Å². The van der Waals surface area contributed by atoms with E-state index in [1.807, 2.05) is 0 Å². The molecular formula is C10H26N5+. The Morgan fingerprint density at radius 1 is 0.467 bits per heavy atom. The van der Waals surface area contributed by atoms with Crippen LogP contribution in [0, 0.1) is 0 Å². The number of hydrogen-bond donors (Lipinski definition) is 5. The molecule has 0 radical (unpaired) electrons. The van der Waals surface area contributed by atoms with Gasteiger partial charge in [0.1, 0.15) is 0 Å². The molecule has 90 valence electrons. The van der Waals surface area contributed by atoms with Crippen LogP contribution in [0.5, 0.6) is 0 Å². The van der Waals surface area contributed by atoms with Gasteiger partial charge in [0, 0.05) is 52.4 Å². The average Bonchev–Trinajstić information content (AvgIpc) is 2.27. The largest absolute Gasteiger partial charge is 0.344 e. The highest BCUT2D eigenvalue weighted by molar-refractivity contribution is 4.56. The minimum atomic E-state index is 1.06. The fraction of sp³-hybridized carbons (Fsp3) is 1.00. The number of quaternary nitrogens is 1. The van der Waals surface area contributed by atoms with Gasteiger partial charge in [-0.25, -0.2) is 0 Å². The zero-order chi connectivity index (χ0) is 10.6. The molecule has 0 atom stereocenters. The van der Waals surface area contributed by atoms with Gasteiger partial charge < -0.3 is 26.6 Å². The van der Waals surface area contributed by atoms with Crippen LogP contribution < -0.4 is 26.6 Å². The van der Waals surface area contributed by atoms with Crippen LogP contribution in [0.2, 0.25) is 0 Å². The number of nitrogens with one attached hydrogen (secondary N) is 4. The molecule has 0 aliphatic carbocycles. The second-order valence-corrected chi connectivity index (χ2v) is 3.87. The third kappa shape index (κ3) is 8.77. The van der Waals surface area contributed by atoms with Gasteiger partial charge in [-0.1, -0.05) is 0 Å². The molecule has 1 saturated heterocycles. The predicted molar refractivity (Wildman–Crippen MR) is 63.1 cm³/mol.